The predicted octanol–water partition coefficient (Wildman–Crippen LogP) is 2.89. The van der Waals surface area contributed by atoms with Gasteiger partial charge in [-0.05, 0) is 35.1 Å². The van der Waals surface area contributed by atoms with Crippen molar-refractivity contribution in [1.82, 2.24) is 10.3 Å². The van der Waals surface area contributed by atoms with Gasteiger partial charge in [0, 0.05) is 17.3 Å². The van der Waals surface area contributed by atoms with Gasteiger partial charge in [-0.15, -0.1) is 0 Å². The number of halogens is 2. The molecule has 16 heavy (non-hydrogen) atoms. The standard InChI is InChI=1S/C11H10BrFN2O/c1-14-10(8-3-5-16-11(8)12)7-2-4-15-6-9(7)13/h2-6,10,14H,1H3. The first-order valence-corrected chi connectivity index (χ1v) is 5.53. The molecule has 0 fully saturated rings. The van der Waals surface area contributed by atoms with Gasteiger partial charge in [-0.3, -0.25) is 4.98 Å². The van der Waals surface area contributed by atoms with Crippen LogP contribution in [0.5, 0.6) is 0 Å². The van der Waals surface area contributed by atoms with Crippen molar-refractivity contribution in [3.8, 4) is 0 Å². The minimum atomic E-state index is -0.338. The molecule has 0 aliphatic carbocycles. The van der Waals surface area contributed by atoms with Crippen molar-refractivity contribution in [2.24, 2.45) is 0 Å². The maximum absolute atomic E-state index is 13.6. The quantitative estimate of drug-likeness (QED) is 0.942. The van der Waals surface area contributed by atoms with E-state index in [4.69, 9.17) is 4.42 Å². The Balaban J connectivity index is 2.45. The van der Waals surface area contributed by atoms with E-state index in [1.807, 2.05) is 0 Å². The first-order chi connectivity index (χ1) is 7.74. The molecule has 0 saturated heterocycles. The van der Waals surface area contributed by atoms with E-state index in [0.717, 1.165) is 5.56 Å². The molecule has 0 bridgehead atoms. The summed E-state index contributed by atoms with van der Waals surface area (Å²) in [6.45, 7) is 0. The third kappa shape index (κ3) is 2.01. The van der Waals surface area contributed by atoms with E-state index in [-0.39, 0.29) is 11.9 Å². The minimum Gasteiger partial charge on any atom is -0.457 e. The zero-order chi connectivity index (χ0) is 11.5. The molecule has 84 valence electrons. The van der Waals surface area contributed by atoms with Crippen molar-refractivity contribution in [3.05, 3.63) is 52.4 Å². The van der Waals surface area contributed by atoms with Gasteiger partial charge in [0.05, 0.1) is 18.5 Å². The molecule has 0 spiro atoms. The lowest BCUT2D eigenvalue weighted by atomic mass is 10.0. The summed E-state index contributed by atoms with van der Waals surface area (Å²) < 4.78 is 19.3. The smallest absolute Gasteiger partial charge is 0.174 e. The molecular weight excluding hydrogens is 275 g/mol. The van der Waals surface area contributed by atoms with Crippen LogP contribution < -0.4 is 5.32 Å². The topological polar surface area (TPSA) is 38.1 Å². The number of furan rings is 1. The summed E-state index contributed by atoms with van der Waals surface area (Å²) in [5, 5.41) is 3.04. The number of rotatable bonds is 3. The highest BCUT2D eigenvalue weighted by molar-refractivity contribution is 9.10. The molecule has 0 saturated carbocycles. The highest BCUT2D eigenvalue weighted by atomic mass is 79.9. The van der Waals surface area contributed by atoms with Crippen LogP contribution in [0.4, 0.5) is 4.39 Å². The molecule has 0 radical (unpaired) electrons. The van der Waals surface area contributed by atoms with Crippen molar-refractivity contribution >= 4 is 15.9 Å². The molecule has 2 aromatic rings. The molecule has 0 aliphatic rings. The lowest BCUT2D eigenvalue weighted by Gasteiger charge is -2.15. The second-order valence-corrected chi connectivity index (χ2v) is 3.99. The monoisotopic (exact) mass is 284 g/mol. The van der Waals surface area contributed by atoms with Crippen LogP contribution in [-0.4, -0.2) is 12.0 Å². The Kier molecular flexibility index (Phi) is 3.36. The molecule has 1 unspecified atom stereocenters. The van der Waals surface area contributed by atoms with Crippen molar-refractivity contribution in [3.63, 3.8) is 0 Å². The molecule has 0 aliphatic heterocycles. The number of nitrogens with zero attached hydrogens (tertiary/aromatic N) is 1. The Bertz CT molecular complexity index is 486. The second kappa shape index (κ2) is 4.76. The van der Waals surface area contributed by atoms with E-state index < -0.39 is 0 Å². The first kappa shape index (κ1) is 11.3. The SMILES string of the molecule is CNC(c1ccncc1F)c1ccoc1Br. The van der Waals surface area contributed by atoms with E-state index >= 15 is 0 Å². The first-order valence-electron chi connectivity index (χ1n) is 4.73. The molecule has 2 rings (SSSR count). The van der Waals surface area contributed by atoms with Gasteiger partial charge in [-0.2, -0.15) is 0 Å². The van der Waals surface area contributed by atoms with Crippen molar-refractivity contribution in [2.45, 2.75) is 6.04 Å². The molecule has 1 N–H and O–H groups in total. The lowest BCUT2D eigenvalue weighted by Crippen LogP contribution is -2.18. The number of nitrogens with one attached hydrogen (secondary N) is 1. The van der Waals surface area contributed by atoms with Crippen molar-refractivity contribution in [2.75, 3.05) is 7.05 Å². The van der Waals surface area contributed by atoms with Gasteiger partial charge in [-0.1, -0.05) is 0 Å². The van der Waals surface area contributed by atoms with Crippen LogP contribution in [0, 0.1) is 5.82 Å². The summed E-state index contributed by atoms with van der Waals surface area (Å²) in [5.74, 6) is -0.338. The predicted molar refractivity (Wildman–Crippen MR) is 61.5 cm³/mol. The van der Waals surface area contributed by atoms with Crippen LogP contribution in [0.15, 0.2) is 39.9 Å². The van der Waals surface area contributed by atoms with E-state index in [0.29, 0.717) is 10.2 Å². The summed E-state index contributed by atoms with van der Waals surface area (Å²) in [6, 6.07) is 3.19. The maximum atomic E-state index is 13.6. The zero-order valence-corrected chi connectivity index (χ0v) is 10.2. The molecule has 1 atom stereocenters. The van der Waals surface area contributed by atoms with Crippen LogP contribution in [-0.2, 0) is 0 Å². The molecular formula is C11H10BrFN2O. The van der Waals surface area contributed by atoms with Gasteiger partial charge >= 0.3 is 0 Å². The fourth-order valence-electron chi connectivity index (χ4n) is 1.61. The summed E-state index contributed by atoms with van der Waals surface area (Å²) >= 11 is 3.28. The van der Waals surface area contributed by atoms with Crippen LogP contribution in [0.3, 0.4) is 0 Å². The Labute approximate surface area is 101 Å². The Morgan fingerprint density at radius 3 is 2.81 bits per heavy atom. The minimum absolute atomic E-state index is 0.254. The summed E-state index contributed by atoms with van der Waals surface area (Å²) in [5.41, 5.74) is 1.40. The number of hydrogen-bond donors (Lipinski definition) is 1. The highest BCUT2D eigenvalue weighted by Crippen LogP contribution is 2.30. The van der Waals surface area contributed by atoms with E-state index in [9.17, 15) is 4.39 Å². The Morgan fingerprint density at radius 2 is 2.25 bits per heavy atom. The molecule has 0 amide bonds. The third-order valence-electron chi connectivity index (χ3n) is 2.36. The number of pyridine rings is 1. The molecule has 3 nitrogen and oxygen atoms in total. The summed E-state index contributed by atoms with van der Waals surface area (Å²) in [6.07, 6.45) is 4.33. The van der Waals surface area contributed by atoms with Crippen LogP contribution in [0.2, 0.25) is 0 Å². The van der Waals surface area contributed by atoms with Gasteiger partial charge in [0.25, 0.3) is 0 Å². The molecule has 5 heteroatoms. The Morgan fingerprint density at radius 1 is 1.44 bits per heavy atom. The van der Waals surface area contributed by atoms with Gasteiger partial charge in [0.15, 0.2) is 4.67 Å². The number of hydrogen-bond acceptors (Lipinski definition) is 3. The molecule has 0 aromatic carbocycles. The third-order valence-corrected chi connectivity index (χ3v) is 3.01. The van der Waals surface area contributed by atoms with Crippen molar-refractivity contribution in [1.29, 1.82) is 0 Å². The van der Waals surface area contributed by atoms with E-state index in [1.165, 1.54) is 6.20 Å². The van der Waals surface area contributed by atoms with E-state index in [2.05, 4.69) is 26.2 Å². The van der Waals surface area contributed by atoms with Gasteiger partial charge in [0.2, 0.25) is 0 Å². The summed E-state index contributed by atoms with van der Waals surface area (Å²) in [7, 11) is 1.77. The van der Waals surface area contributed by atoms with Gasteiger partial charge < -0.3 is 9.73 Å². The second-order valence-electron chi connectivity index (χ2n) is 3.27. The largest absolute Gasteiger partial charge is 0.457 e. The average Bonchev–Trinajstić information content (AvgIpc) is 2.69. The van der Waals surface area contributed by atoms with E-state index in [1.54, 1.807) is 31.6 Å². The van der Waals surface area contributed by atoms with Crippen LogP contribution >= 0.6 is 15.9 Å². The van der Waals surface area contributed by atoms with Gasteiger partial charge in [-0.25, -0.2) is 4.39 Å². The fourth-order valence-corrected chi connectivity index (χ4v) is 2.08. The van der Waals surface area contributed by atoms with Crippen LogP contribution in [0.25, 0.3) is 0 Å². The summed E-state index contributed by atoms with van der Waals surface area (Å²) in [4.78, 5) is 3.73. The normalized spacial score (nSPS) is 12.7. The lowest BCUT2D eigenvalue weighted by molar-refractivity contribution is 0.524. The van der Waals surface area contributed by atoms with Crippen LogP contribution in [0.1, 0.15) is 17.2 Å². The van der Waals surface area contributed by atoms with Crippen molar-refractivity contribution < 1.29 is 8.81 Å². The van der Waals surface area contributed by atoms with Gasteiger partial charge in [0.1, 0.15) is 5.82 Å². The Hall–Kier alpha value is -1.20. The average molecular weight is 285 g/mol. The fraction of sp³-hybridized carbons (Fsp3) is 0.182. The number of aromatic nitrogens is 1. The zero-order valence-electron chi connectivity index (χ0n) is 8.58. The molecule has 2 aromatic heterocycles. The highest BCUT2D eigenvalue weighted by Gasteiger charge is 2.19. The maximum Gasteiger partial charge on any atom is 0.174 e. The molecule has 2 heterocycles.